The Morgan fingerprint density at radius 2 is 1.95 bits per heavy atom. The Morgan fingerprint density at radius 1 is 1.19 bits per heavy atom. The van der Waals surface area contributed by atoms with Gasteiger partial charge >= 0.3 is 0 Å². The number of piperidine rings is 1. The lowest BCUT2D eigenvalue weighted by Gasteiger charge is -2.35. The van der Waals surface area contributed by atoms with Gasteiger partial charge in [0.25, 0.3) is 5.91 Å². The van der Waals surface area contributed by atoms with Gasteiger partial charge in [0, 0.05) is 47.8 Å². The molecule has 4 heteroatoms. The summed E-state index contributed by atoms with van der Waals surface area (Å²) in [6, 6.07) is 9.50. The molecule has 2 bridgehead atoms. The van der Waals surface area contributed by atoms with Gasteiger partial charge in [-0.3, -0.25) is 4.79 Å². The molecule has 0 radical (unpaired) electrons. The normalized spacial score (nSPS) is 28.0. The average Bonchev–Trinajstić information content (AvgIpc) is 3.11. The number of hydrogen-bond donors (Lipinski definition) is 2. The third-order valence-corrected chi connectivity index (χ3v) is 5.12. The van der Waals surface area contributed by atoms with E-state index in [1.54, 1.807) is 0 Å². The minimum Gasteiger partial charge on any atom is -0.361 e. The molecule has 0 spiro atoms. The van der Waals surface area contributed by atoms with Gasteiger partial charge in [-0.2, -0.15) is 0 Å². The number of H-pyrrole nitrogens is 1. The second-order valence-electron chi connectivity index (χ2n) is 6.46. The van der Waals surface area contributed by atoms with Gasteiger partial charge in [-0.05, 0) is 49.9 Å². The maximum atomic E-state index is 12.7. The van der Waals surface area contributed by atoms with Gasteiger partial charge in [0.2, 0.25) is 0 Å². The first-order valence-corrected chi connectivity index (χ1v) is 7.81. The third kappa shape index (κ3) is 2.23. The number of aromatic nitrogens is 1. The smallest absolute Gasteiger partial charge is 0.253 e. The zero-order valence-electron chi connectivity index (χ0n) is 12.3. The van der Waals surface area contributed by atoms with Crippen molar-refractivity contribution >= 4 is 16.8 Å². The van der Waals surface area contributed by atoms with Crippen molar-refractivity contribution in [1.29, 1.82) is 0 Å². The van der Waals surface area contributed by atoms with Crippen molar-refractivity contribution in [3.63, 3.8) is 0 Å². The summed E-state index contributed by atoms with van der Waals surface area (Å²) in [5.41, 5.74) is 1.87. The Morgan fingerprint density at radius 3 is 2.71 bits per heavy atom. The lowest BCUT2D eigenvalue weighted by Crippen LogP contribution is -2.48. The summed E-state index contributed by atoms with van der Waals surface area (Å²) in [5.74, 6) is 0.143. The quantitative estimate of drug-likeness (QED) is 0.889. The van der Waals surface area contributed by atoms with Crippen LogP contribution < -0.4 is 5.32 Å². The number of carbonyl (C=O) groups excluding carboxylic acids is 1. The Hall–Kier alpha value is -1.81. The van der Waals surface area contributed by atoms with Crippen LogP contribution in [0.5, 0.6) is 0 Å². The number of hydrogen-bond acceptors (Lipinski definition) is 2. The Kier molecular flexibility index (Phi) is 3.00. The van der Waals surface area contributed by atoms with Crippen molar-refractivity contribution in [3.05, 3.63) is 36.0 Å². The molecule has 2 atom stereocenters. The molecule has 2 aliphatic rings. The van der Waals surface area contributed by atoms with Gasteiger partial charge in [-0.15, -0.1) is 0 Å². The number of nitrogens with one attached hydrogen (secondary N) is 2. The van der Waals surface area contributed by atoms with Crippen LogP contribution in [0.25, 0.3) is 10.9 Å². The largest absolute Gasteiger partial charge is 0.361 e. The predicted molar refractivity (Wildman–Crippen MR) is 83.4 cm³/mol. The highest BCUT2D eigenvalue weighted by molar-refractivity contribution is 5.98. The van der Waals surface area contributed by atoms with Crippen molar-refractivity contribution < 1.29 is 4.79 Å². The molecular weight excluding hydrogens is 262 g/mol. The standard InChI is InChI=1S/C17H21N3O/c1-20(15-9-13-3-4-14(10-15)19-13)17(21)12-2-5-16-11(8-12)6-7-18-16/h2,5-8,13-15,18-19H,3-4,9-10H2,1H3. The lowest BCUT2D eigenvalue weighted by atomic mass is 9.98. The van der Waals surface area contributed by atoms with E-state index in [-0.39, 0.29) is 5.91 Å². The van der Waals surface area contributed by atoms with Crippen LogP contribution in [0.4, 0.5) is 0 Å². The molecule has 4 rings (SSSR count). The number of carbonyl (C=O) groups is 1. The second-order valence-corrected chi connectivity index (χ2v) is 6.46. The highest BCUT2D eigenvalue weighted by atomic mass is 16.2. The molecule has 2 N–H and O–H groups in total. The molecule has 3 heterocycles. The van der Waals surface area contributed by atoms with E-state index >= 15 is 0 Å². The lowest BCUT2D eigenvalue weighted by molar-refractivity contribution is 0.0682. The summed E-state index contributed by atoms with van der Waals surface area (Å²) in [6.07, 6.45) is 6.61. The van der Waals surface area contributed by atoms with Crippen LogP contribution in [-0.2, 0) is 0 Å². The van der Waals surface area contributed by atoms with Crippen LogP contribution in [0.15, 0.2) is 30.5 Å². The second kappa shape index (κ2) is 4.88. The van der Waals surface area contributed by atoms with E-state index in [2.05, 4.69) is 10.3 Å². The fourth-order valence-corrected chi connectivity index (χ4v) is 3.90. The molecule has 1 aromatic heterocycles. The van der Waals surface area contributed by atoms with Gasteiger partial charge < -0.3 is 15.2 Å². The third-order valence-electron chi connectivity index (χ3n) is 5.12. The predicted octanol–water partition coefficient (Wildman–Crippen LogP) is 2.52. The maximum absolute atomic E-state index is 12.7. The van der Waals surface area contributed by atoms with E-state index in [0.29, 0.717) is 18.1 Å². The summed E-state index contributed by atoms with van der Waals surface area (Å²) >= 11 is 0. The number of nitrogens with zero attached hydrogens (tertiary/aromatic N) is 1. The van der Waals surface area contributed by atoms with Crippen molar-refractivity contribution in [3.8, 4) is 0 Å². The highest BCUT2D eigenvalue weighted by Gasteiger charge is 2.36. The maximum Gasteiger partial charge on any atom is 0.253 e. The first-order chi connectivity index (χ1) is 10.2. The molecule has 2 saturated heterocycles. The van der Waals surface area contributed by atoms with Gasteiger partial charge in [-0.25, -0.2) is 0 Å². The van der Waals surface area contributed by atoms with Crippen molar-refractivity contribution in [2.75, 3.05) is 7.05 Å². The van der Waals surface area contributed by atoms with Gasteiger partial charge in [0.05, 0.1) is 0 Å². The topological polar surface area (TPSA) is 48.1 Å². The zero-order chi connectivity index (χ0) is 14.4. The number of fused-ring (bicyclic) bond motifs is 3. The first kappa shape index (κ1) is 12.9. The van der Waals surface area contributed by atoms with Crippen LogP contribution in [-0.4, -0.2) is 41.0 Å². The van der Waals surface area contributed by atoms with E-state index in [4.69, 9.17) is 0 Å². The van der Waals surface area contributed by atoms with Crippen molar-refractivity contribution in [2.45, 2.75) is 43.8 Å². The first-order valence-electron chi connectivity index (χ1n) is 7.81. The van der Waals surface area contributed by atoms with Crippen LogP contribution >= 0.6 is 0 Å². The molecule has 2 unspecified atom stereocenters. The molecule has 1 amide bonds. The Labute approximate surface area is 124 Å². The highest BCUT2D eigenvalue weighted by Crippen LogP contribution is 2.30. The van der Waals surface area contributed by atoms with E-state index in [1.807, 2.05) is 42.4 Å². The molecule has 110 valence electrons. The summed E-state index contributed by atoms with van der Waals surface area (Å²) in [7, 11) is 1.96. The van der Waals surface area contributed by atoms with Gasteiger partial charge in [-0.1, -0.05) is 0 Å². The molecule has 0 aliphatic carbocycles. The van der Waals surface area contributed by atoms with Gasteiger partial charge in [0.15, 0.2) is 0 Å². The van der Waals surface area contributed by atoms with E-state index in [9.17, 15) is 4.79 Å². The van der Waals surface area contributed by atoms with Crippen LogP contribution in [0.3, 0.4) is 0 Å². The molecule has 2 aromatic rings. The zero-order valence-corrected chi connectivity index (χ0v) is 12.3. The fourth-order valence-electron chi connectivity index (χ4n) is 3.90. The van der Waals surface area contributed by atoms with Crippen molar-refractivity contribution in [2.24, 2.45) is 0 Å². The van der Waals surface area contributed by atoms with Crippen LogP contribution in [0.2, 0.25) is 0 Å². The monoisotopic (exact) mass is 283 g/mol. The minimum absolute atomic E-state index is 0.143. The molecule has 2 fully saturated rings. The summed E-state index contributed by atoms with van der Waals surface area (Å²) in [6.45, 7) is 0. The minimum atomic E-state index is 0.143. The van der Waals surface area contributed by atoms with E-state index in [1.165, 1.54) is 12.8 Å². The van der Waals surface area contributed by atoms with Gasteiger partial charge in [0.1, 0.15) is 0 Å². The number of rotatable bonds is 2. The molecule has 4 nitrogen and oxygen atoms in total. The number of aromatic amines is 1. The Bertz CT molecular complexity index is 665. The molecule has 21 heavy (non-hydrogen) atoms. The fraction of sp³-hybridized carbons (Fsp3) is 0.471. The summed E-state index contributed by atoms with van der Waals surface area (Å²) in [4.78, 5) is 17.9. The molecular formula is C17H21N3O. The summed E-state index contributed by atoms with van der Waals surface area (Å²) < 4.78 is 0. The average molecular weight is 283 g/mol. The molecule has 1 aromatic carbocycles. The van der Waals surface area contributed by atoms with E-state index in [0.717, 1.165) is 29.3 Å². The number of amides is 1. The van der Waals surface area contributed by atoms with Crippen LogP contribution in [0, 0.1) is 0 Å². The Balaban J connectivity index is 1.55. The molecule has 0 saturated carbocycles. The van der Waals surface area contributed by atoms with E-state index < -0.39 is 0 Å². The molecule has 2 aliphatic heterocycles. The van der Waals surface area contributed by atoms with Crippen molar-refractivity contribution in [1.82, 2.24) is 15.2 Å². The SMILES string of the molecule is CN(C(=O)c1ccc2[nH]ccc2c1)C1CC2CCC(C1)N2. The number of benzene rings is 1. The summed E-state index contributed by atoms with van der Waals surface area (Å²) in [5, 5.41) is 4.73. The van der Waals surface area contributed by atoms with Crippen LogP contribution in [0.1, 0.15) is 36.0 Å².